The minimum atomic E-state index is -0.593. The maximum atomic E-state index is 11.0. The van der Waals surface area contributed by atoms with Crippen molar-refractivity contribution >= 4 is 0 Å². The van der Waals surface area contributed by atoms with Crippen LogP contribution in [0.4, 0.5) is 0 Å². The van der Waals surface area contributed by atoms with Crippen molar-refractivity contribution < 1.29 is 14.9 Å². The molecule has 0 aliphatic heterocycles. The van der Waals surface area contributed by atoms with Crippen LogP contribution in [0.15, 0.2) is 0 Å². The molecule has 0 radical (unpaired) electrons. The minimum Gasteiger partial charge on any atom is -0.396 e. The monoisotopic (exact) mass is 378 g/mol. The Bertz CT molecular complexity index is 550. The van der Waals surface area contributed by atoms with E-state index in [4.69, 9.17) is 4.74 Å². The average Bonchev–Trinajstić information content (AvgIpc) is 2.99. The maximum absolute atomic E-state index is 11.0. The molecule has 0 aromatic rings. The van der Waals surface area contributed by atoms with Crippen LogP contribution in [-0.4, -0.2) is 36.1 Å². The zero-order chi connectivity index (χ0) is 19.4. The minimum absolute atomic E-state index is 0.346. The van der Waals surface area contributed by atoms with Gasteiger partial charge >= 0.3 is 0 Å². The lowest BCUT2D eigenvalue weighted by Crippen LogP contribution is -2.56. The Morgan fingerprint density at radius 1 is 0.963 bits per heavy atom. The van der Waals surface area contributed by atoms with E-state index in [-0.39, 0.29) is 0 Å². The second-order valence-electron chi connectivity index (χ2n) is 11.4. The topological polar surface area (TPSA) is 49.7 Å². The average molecular weight is 379 g/mol. The quantitative estimate of drug-likeness (QED) is 0.748. The van der Waals surface area contributed by atoms with Gasteiger partial charge < -0.3 is 14.9 Å². The summed E-state index contributed by atoms with van der Waals surface area (Å²) in [5.74, 6) is 4.37. The molecule has 9 atom stereocenters. The van der Waals surface area contributed by atoms with Gasteiger partial charge in [-0.25, -0.2) is 0 Å². The lowest BCUT2D eigenvalue weighted by Gasteiger charge is -2.62. The van der Waals surface area contributed by atoms with E-state index in [1.807, 2.05) is 0 Å². The van der Waals surface area contributed by atoms with E-state index in [2.05, 4.69) is 20.8 Å². The number of ether oxygens (including phenoxy) is 1. The van der Waals surface area contributed by atoms with Crippen molar-refractivity contribution in [2.75, 3.05) is 20.3 Å². The largest absolute Gasteiger partial charge is 0.396 e. The molecule has 4 saturated carbocycles. The van der Waals surface area contributed by atoms with Crippen LogP contribution < -0.4 is 0 Å². The number of fused-ring (bicyclic) bond motifs is 5. The molecule has 0 unspecified atom stereocenters. The van der Waals surface area contributed by atoms with Gasteiger partial charge in [0.25, 0.3) is 0 Å². The van der Waals surface area contributed by atoms with Crippen molar-refractivity contribution in [1.29, 1.82) is 0 Å². The van der Waals surface area contributed by atoms with Gasteiger partial charge in [0.15, 0.2) is 0 Å². The third-order valence-corrected chi connectivity index (χ3v) is 10.3. The molecule has 0 aromatic carbocycles. The molecular formula is C24H42O3. The summed E-state index contributed by atoms with van der Waals surface area (Å²) in [7, 11) is 1.72. The van der Waals surface area contributed by atoms with E-state index in [1.54, 1.807) is 7.11 Å². The number of rotatable bonds is 4. The Labute approximate surface area is 166 Å². The molecule has 2 N–H and O–H groups in total. The molecule has 4 aliphatic rings. The summed E-state index contributed by atoms with van der Waals surface area (Å²) in [4.78, 5) is 0. The van der Waals surface area contributed by atoms with E-state index in [0.29, 0.717) is 41.8 Å². The molecule has 0 spiro atoms. The third-order valence-electron chi connectivity index (χ3n) is 10.3. The first-order valence-corrected chi connectivity index (χ1v) is 11.6. The summed E-state index contributed by atoms with van der Waals surface area (Å²) in [6, 6.07) is 0. The Kier molecular flexibility index (Phi) is 5.22. The van der Waals surface area contributed by atoms with Gasteiger partial charge in [0.05, 0.1) is 12.2 Å². The van der Waals surface area contributed by atoms with E-state index in [9.17, 15) is 10.2 Å². The summed E-state index contributed by atoms with van der Waals surface area (Å²) in [5.41, 5.74) is 0.257. The third kappa shape index (κ3) is 3.02. The van der Waals surface area contributed by atoms with Crippen LogP contribution in [0.25, 0.3) is 0 Å². The number of hydrogen-bond donors (Lipinski definition) is 2. The molecular weight excluding hydrogens is 336 g/mol. The predicted octanol–water partition coefficient (Wildman–Crippen LogP) is 4.65. The van der Waals surface area contributed by atoms with Gasteiger partial charge in [-0.05, 0) is 104 Å². The SMILES string of the molecule is COC[C@]1(O)CC[C@@]2(C)[C@H](CC[C@@H]3[C@@H]2CC[C@]2(C)[C@@H]([C@H](C)CO)CC[C@@H]32)C1. The molecule has 4 fully saturated rings. The molecule has 0 amide bonds. The van der Waals surface area contributed by atoms with E-state index in [0.717, 1.165) is 30.6 Å². The number of aliphatic hydroxyl groups excluding tert-OH is 1. The Morgan fingerprint density at radius 3 is 2.41 bits per heavy atom. The van der Waals surface area contributed by atoms with Gasteiger partial charge in [0.1, 0.15) is 0 Å². The van der Waals surface area contributed by atoms with Gasteiger partial charge in [-0.3, -0.25) is 0 Å². The first kappa shape index (κ1) is 20.2. The predicted molar refractivity (Wildman–Crippen MR) is 108 cm³/mol. The molecule has 3 heteroatoms. The molecule has 156 valence electrons. The van der Waals surface area contributed by atoms with Crippen molar-refractivity contribution in [2.24, 2.45) is 46.3 Å². The highest BCUT2D eigenvalue weighted by molar-refractivity contribution is 5.10. The first-order valence-electron chi connectivity index (χ1n) is 11.6. The van der Waals surface area contributed by atoms with E-state index in [1.165, 1.54) is 44.9 Å². The second kappa shape index (κ2) is 6.99. The molecule has 0 aromatic heterocycles. The number of methoxy groups -OCH3 is 1. The van der Waals surface area contributed by atoms with Crippen LogP contribution in [0.2, 0.25) is 0 Å². The number of aliphatic hydroxyl groups is 2. The van der Waals surface area contributed by atoms with Crippen LogP contribution in [0.5, 0.6) is 0 Å². The normalized spacial score (nSPS) is 53.3. The van der Waals surface area contributed by atoms with Crippen LogP contribution in [-0.2, 0) is 4.74 Å². The zero-order valence-corrected chi connectivity index (χ0v) is 18.0. The molecule has 0 saturated heterocycles. The van der Waals surface area contributed by atoms with Gasteiger partial charge in [-0.15, -0.1) is 0 Å². The van der Waals surface area contributed by atoms with Crippen LogP contribution in [0.1, 0.15) is 78.6 Å². The summed E-state index contributed by atoms with van der Waals surface area (Å²) >= 11 is 0. The van der Waals surface area contributed by atoms with Crippen molar-refractivity contribution in [3.63, 3.8) is 0 Å². The molecule has 0 heterocycles. The highest BCUT2D eigenvalue weighted by atomic mass is 16.5. The van der Waals surface area contributed by atoms with Crippen molar-refractivity contribution in [1.82, 2.24) is 0 Å². The summed E-state index contributed by atoms with van der Waals surface area (Å²) in [6.45, 7) is 8.23. The fourth-order valence-corrected chi connectivity index (χ4v) is 8.82. The molecule has 4 rings (SSSR count). The Hall–Kier alpha value is -0.120. The highest BCUT2D eigenvalue weighted by Crippen LogP contribution is 2.68. The molecule has 0 bridgehead atoms. The first-order chi connectivity index (χ1) is 12.8. The second-order valence-corrected chi connectivity index (χ2v) is 11.4. The van der Waals surface area contributed by atoms with Gasteiger partial charge in [0, 0.05) is 13.7 Å². The van der Waals surface area contributed by atoms with Crippen LogP contribution >= 0.6 is 0 Å². The fourth-order valence-electron chi connectivity index (χ4n) is 8.82. The van der Waals surface area contributed by atoms with Crippen LogP contribution in [0, 0.1) is 46.3 Å². The van der Waals surface area contributed by atoms with E-state index >= 15 is 0 Å². The molecule has 27 heavy (non-hydrogen) atoms. The maximum Gasteiger partial charge on any atom is 0.0883 e. The molecule has 3 nitrogen and oxygen atoms in total. The smallest absolute Gasteiger partial charge is 0.0883 e. The summed E-state index contributed by atoms with van der Waals surface area (Å²) in [6.07, 6.45) is 11.1. The Balaban J connectivity index is 1.54. The van der Waals surface area contributed by atoms with E-state index < -0.39 is 5.60 Å². The lowest BCUT2D eigenvalue weighted by molar-refractivity contribution is -0.164. The van der Waals surface area contributed by atoms with Crippen LogP contribution in [0.3, 0.4) is 0 Å². The van der Waals surface area contributed by atoms with Crippen molar-refractivity contribution in [2.45, 2.75) is 84.2 Å². The highest BCUT2D eigenvalue weighted by Gasteiger charge is 2.61. The zero-order valence-electron chi connectivity index (χ0n) is 18.0. The standard InChI is InChI=1S/C24H42O3/c1-16(14-25)19-7-8-20-18-6-5-17-13-24(26,15-27-4)12-11-22(17,2)21(18)9-10-23(19,20)3/h16-21,25-26H,5-15H2,1-4H3/t16-,17-,18+,19-,20+,21+,22+,23-,24+/m1/s1. The summed E-state index contributed by atoms with van der Waals surface area (Å²) in [5, 5.41) is 20.8. The van der Waals surface area contributed by atoms with Gasteiger partial charge in [-0.2, -0.15) is 0 Å². The van der Waals surface area contributed by atoms with Gasteiger partial charge in [-0.1, -0.05) is 20.8 Å². The fraction of sp³-hybridized carbons (Fsp3) is 1.00. The lowest BCUT2D eigenvalue weighted by atomic mass is 9.43. The number of hydrogen-bond acceptors (Lipinski definition) is 3. The summed E-state index contributed by atoms with van der Waals surface area (Å²) < 4.78 is 5.35. The van der Waals surface area contributed by atoms with Gasteiger partial charge in [0.2, 0.25) is 0 Å². The molecule has 4 aliphatic carbocycles. The van der Waals surface area contributed by atoms with Crippen molar-refractivity contribution in [3.05, 3.63) is 0 Å². The Morgan fingerprint density at radius 2 is 1.70 bits per heavy atom. The van der Waals surface area contributed by atoms with Crippen molar-refractivity contribution in [3.8, 4) is 0 Å².